The summed E-state index contributed by atoms with van der Waals surface area (Å²) >= 11 is 3.06. The first-order chi connectivity index (χ1) is 12.2. The molecular formula is C18H20N4OS2. The second-order valence-electron chi connectivity index (χ2n) is 5.53. The van der Waals surface area contributed by atoms with Crippen molar-refractivity contribution >= 4 is 34.7 Å². The van der Waals surface area contributed by atoms with Crippen molar-refractivity contribution in [1.29, 1.82) is 0 Å². The number of aryl methyl sites for hydroxylation is 1. The van der Waals surface area contributed by atoms with Crippen LogP contribution in [-0.4, -0.2) is 33.4 Å². The van der Waals surface area contributed by atoms with E-state index >= 15 is 0 Å². The molecule has 1 amide bonds. The van der Waals surface area contributed by atoms with Crippen molar-refractivity contribution in [3.05, 3.63) is 58.0 Å². The number of nitrogens with one attached hydrogen (secondary N) is 1. The monoisotopic (exact) mass is 372 g/mol. The summed E-state index contributed by atoms with van der Waals surface area (Å²) in [5, 5.41) is 9.81. The van der Waals surface area contributed by atoms with Gasteiger partial charge in [0.05, 0.1) is 5.75 Å². The maximum atomic E-state index is 12.6. The van der Waals surface area contributed by atoms with Crippen LogP contribution in [0, 0.1) is 6.92 Å². The Morgan fingerprint density at radius 3 is 2.84 bits per heavy atom. The molecule has 3 rings (SSSR count). The molecule has 0 spiro atoms. The van der Waals surface area contributed by atoms with Crippen LogP contribution in [0.3, 0.4) is 0 Å². The van der Waals surface area contributed by atoms with Gasteiger partial charge in [-0.25, -0.2) is 4.98 Å². The van der Waals surface area contributed by atoms with Crippen molar-refractivity contribution in [1.82, 2.24) is 15.2 Å². The van der Waals surface area contributed by atoms with Gasteiger partial charge in [0.1, 0.15) is 5.82 Å². The van der Waals surface area contributed by atoms with Crippen LogP contribution in [0.15, 0.2) is 46.9 Å². The normalized spacial score (nSPS) is 10.8. The Morgan fingerprint density at radius 2 is 2.12 bits per heavy atom. The third-order valence-electron chi connectivity index (χ3n) is 3.78. The van der Waals surface area contributed by atoms with Gasteiger partial charge in [-0.05, 0) is 36.9 Å². The minimum Gasteiger partial charge on any atom is -0.312 e. The van der Waals surface area contributed by atoms with Gasteiger partial charge in [-0.1, -0.05) is 36.0 Å². The van der Waals surface area contributed by atoms with E-state index in [9.17, 15) is 4.79 Å². The number of carbonyl (C=O) groups excluding carboxylic acids is 1. The van der Waals surface area contributed by atoms with E-state index in [0.29, 0.717) is 17.5 Å². The Labute approximate surface area is 155 Å². The van der Waals surface area contributed by atoms with Crippen LogP contribution in [0.25, 0.3) is 0 Å². The highest BCUT2D eigenvalue weighted by Gasteiger charge is 2.17. The van der Waals surface area contributed by atoms with Gasteiger partial charge >= 0.3 is 0 Å². The lowest BCUT2D eigenvalue weighted by molar-refractivity contribution is -0.116. The summed E-state index contributed by atoms with van der Waals surface area (Å²) in [6, 6.07) is 12.0. The lowest BCUT2D eigenvalue weighted by Gasteiger charge is -2.22. The zero-order chi connectivity index (χ0) is 17.6. The largest absolute Gasteiger partial charge is 0.312 e. The second-order valence-corrected chi connectivity index (χ2v) is 7.51. The average molecular weight is 373 g/mol. The molecule has 0 saturated heterocycles. The molecule has 0 fully saturated rings. The fourth-order valence-electron chi connectivity index (χ4n) is 2.55. The van der Waals surface area contributed by atoms with Crippen LogP contribution in [0.4, 0.5) is 5.69 Å². The summed E-state index contributed by atoms with van der Waals surface area (Å²) in [6.45, 7) is 4.65. The molecule has 0 saturated carbocycles. The van der Waals surface area contributed by atoms with Crippen LogP contribution >= 0.6 is 23.1 Å². The third-order valence-corrected chi connectivity index (χ3v) is 5.49. The number of anilines is 1. The molecule has 0 unspecified atom stereocenters. The Bertz CT molecular complexity index is 829. The summed E-state index contributed by atoms with van der Waals surface area (Å²) in [5.74, 6) is 1.20. The van der Waals surface area contributed by atoms with E-state index in [0.717, 1.165) is 23.5 Å². The lowest BCUT2D eigenvalue weighted by Crippen LogP contribution is -2.32. The number of benzene rings is 1. The standard InChI is InChI=1S/C18H20N4OS2/c1-3-22(15-9-5-4-7-13(15)2)17(23)12-25-18-19-16(20-21-18)11-14-8-6-10-24-14/h4-10H,3,11-12H2,1-2H3,(H,19,20,21). The SMILES string of the molecule is CCN(C(=O)CSc1n[nH]c(Cc2cccs2)n1)c1ccccc1C. The molecule has 0 radical (unpaired) electrons. The van der Waals surface area contributed by atoms with Crippen LogP contribution < -0.4 is 4.90 Å². The molecule has 2 heterocycles. The number of H-pyrrole nitrogens is 1. The number of amides is 1. The third kappa shape index (κ3) is 4.49. The number of aromatic nitrogens is 3. The van der Waals surface area contributed by atoms with Crippen LogP contribution in [0.5, 0.6) is 0 Å². The second kappa shape index (κ2) is 8.31. The smallest absolute Gasteiger partial charge is 0.237 e. The molecule has 1 aromatic carbocycles. The predicted octanol–water partition coefficient (Wildman–Crippen LogP) is 3.91. The number of nitrogens with zero attached hydrogens (tertiary/aromatic N) is 3. The maximum Gasteiger partial charge on any atom is 0.237 e. The summed E-state index contributed by atoms with van der Waals surface area (Å²) in [6.07, 6.45) is 0.740. The first-order valence-corrected chi connectivity index (χ1v) is 9.96. The summed E-state index contributed by atoms with van der Waals surface area (Å²) in [4.78, 5) is 20.1. The molecule has 25 heavy (non-hydrogen) atoms. The van der Waals surface area contributed by atoms with E-state index in [1.165, 1.54) is 16.6 Å². The van der Waals surface area contributed by atoms with E-state index in [4.69, 9.17) is 0 Å². The highest BCUT2D eigenvalue weighted by atomic mass is 32.2. The predicted molar refractivity (Wildman–Crippen MR) is 103 cm³/mol. The van der Waals surface area contributed by atoms with Gasteiger partial charge in [-0.3, -0.25) is 9.89 Å². The highest BCUT2D eigenvalue weighted by molar-refractivity contribution is 7.99. The van der Waals surface area contributed by atoms with Gasteiger partial charge in [-0.2, -0.15) is 0 Å². The summed E-state index contributed by atoms with van der Waals surface area (Å²) < 4.78 is 0. The van der Waals surface area contributed by atoms with E-state index in [1.54, 1.807) is 11.3 Å². The van der Waals surface area contributed by atoms with Crippen molar-refractivity contribution in [3.63, 3.8) is 0 Å². The molecular weight excluding hydrogens is 352 g/mol. The molecule has 3 aromatic rings. The molecule has 130 valence electrons. The number of para-hydroxylation sites is 1. The van der Waals surface area contributed by atoms with Crippen molar-refractivity contribution in [2.45, 2.75) is 25.4 Å². The van der Waals surface area contributed by atoms with Gasteiger partial charge in [0.25, 0.3) is 0 Å². The quantitative estimate of drug-likeness (QED) is 0.639. The molecule has 0 atom stereocenters. The number of hydrogen-bond donors (Lipinski definition) is 1. The fraction of sp³-hybridized carbons (Fsp3) is 0.278. The highest BCUT2D eigenvalue weighted by Crippen LogP contribution is 2.22. The topological polar surface area (TPSA) is 61.9 Å². The maximum absolute atomic E-state index is 12.6. The van der Waals surface area contributed by atoms with Gasteiger partial charge < -0.3 is 4.90 Å². The van der Waals surface area contributed by atoms with Crippen LogP contribution in [-0.2, 0) is 11.2 Å². The molecule has 0 bridgehead atoms. The Hall–Kier alpha value is -2.12. The van der Waals surface area contributed by atoms with Gasteiger partial charge in [0.15, 0.2) is 0 Å². The molecule has 0 aliphatic heterocycles. The first kappa shape index (κ1) is 17.7. The van der Waals surface area contributed by atoms with Crippen molar-refractivity contribution in [2.75, 3.05) is 17.2 Å². The van der Waals surface area contributed by atoms with Crippen molar-refractivity contribution in [3.8, 4) is 0 Å². The molecule has 0 aliphatic rings. The number of thiophene rings is 1. The zero-order valence-electron chi connectivity index (χ0n) is 14.2. The molecule has 1 N–H and O–H groups in total. The van der Waals surface area contributed by atoms with Gasteiger partial charge in [0, 0.05) is 23.5 Å². The van der Waals surface area contributed by atoms with E-state index in [-0.39, 0.29) is 5.91 Å². The van der Waals surface area contributed by atoms with Crippen molar-refractivity contribution in [2.24, 2.45) is 0 Å². The van der Waals surface area contributed by atoms with Crippen LogP contribution in [0.1, 0.15) is 23.2 Å². The van der Waals surface area contributed by atoms with Gasteiger partial charge in [0.2, 0.25) is 11.1 Å². The minimum absolute atomic E-state index is 0.0615. The summed E-state index contributed by atoms with van der Waals surface area (Å²) in [7, 11) is 0. The van der Waals surface area contributed by atoms with Crippen LogP contribution in [0.2, 0.25) is 0 Å². The fourth-order valence-corrected chi connectivity index (χ4v) is 3.95. The molecule has 2 aromatic heterocycles. The molecule has 7 heteroatoms. The first-order valence-electron chi connectivity index (χ1n) is 8.10. The number of hydrogen-bond acceptors (Lipinski definition) is 5. The van der Waals surface area contributed by atoms with Gasteiger partial charge in [-0.15, -0.1) is 16.4 Å². The Kier molecular flexibility index (Phi) is 5.88. The Balaban J connectivity index is 1.60. The van der Waals surface area contributed by atoms with E-state index in [2.05, 4.69) is 21.2 Å². The summed E-state index contributed by atoms with van der Waals surface area (Å²) in [5.41, 5.74) is 2.06. The number of rotatable bonds is 7. The lowest BCUT2D eigenvalue weighted by atomic mass is 10.2. The molecule has 5 nitrogen and oxygen atoms in total. The number of aromatic amines is 1. The minimum atomic E-state index is 0.0615. The van der Waals surface area contributed by atoms with Crippen molar-refractivity contribution < 1.29 is 4.79 Å². The van der Waals surface area contributed by atoms with E-state index in [1.807, 2.05) is 54.5 Å². The number of carbonyl (C=O) groups is 1. The number of thioether (sulfide) groups is 1. The molecule has 0 aliphatic carbocycles. The average Bonchev–Trinajstić information content (AvgIpc) is 3.28. The zero-order valence-corrected chi connectivity index (χ0v) is 15.9. The van der Waals surface area contributed by atoms with E-state index < -0.39 is 0 Å². The Morgan fingerprint density at radius 1 is 1.28 bits per heavy atom.